The zero-order valence-electron chi connectivity index (χ0n) is 19.3. The predicted molar refractivity (Wildman–Crippen MR) is 135 cm³/mol. The molecule has 176 valence electrons. The first-order chi connectivity index (χ1) is 17.0. The second-order valence-corrected chi connectivity index (χ2v) is 9.46. The number of aromatic nitrogens is 1. The topological polar surface area (TPSA) is 75.9 Å². The molecule has 1 aliphatic heterocycles. The smallest absolute Gasteiger partial charge is 0.434 e. The first-order valence-electron chi connectivity index (χ1n) is 10.6. The summed E-state index contributed by atoms with van der Waals surface area (Å²) in [7, 11) is 33.6. The van der Waals surface area contributed by atoms with Gasteiger partial charge in [-0.15, -0.1) is 11.3 Å². The highest BCUT2D eigenvalue weighted by Gasteiger charge is 2.39. The summed E-state index contributed by atoms with van der Waals surface area (Å²) >= 11 is 0.808. The maximum atomic E-state index is 13.4. The Bertz CT molecular complexity index is 1350. The van der Waals surface area contributed by atoms with Crippen molar-refractivity contribution in [2.24, 2.45) is 0 Å². The van der Waals surface area contributed by atoms with Gasteiger partial charge < -0.3 is 19.0 Å². The normalized spacial score (nSPS) is 16.8. The van der Waals surface area contributed by atoms with Crippen LogP contribution in [0.1, 0.15) is 23.2 Å². The van der Waals surface area contributed by atoms with Crippen LogP contribution in [0.15, 0.2) is 28.0 Å². The summed E-state index contributed by atoms with van der Waals surface area (Å²) in [4.78, 5) is 31.5. The van der Waals surface area contributed by atoms with E-state index in [0.717, 1.165) is 21.6 Å². The predicted octanol–water partition coefficient (Wildman–Crippen LogP) is 0.860. The van der Waals surface area contributed by atoms with E-state index >= 15 is 0 Å². The SMILES string of the molecule is [B]C([B])([B])N(C(=O)CN1C(=O)c2oc3cc(-c4nc(C(F)(F)F)cs4)ccc3c2OCC1C)C([B])([B])[B]. The number of fused-ring (bicyclic) bond motifs is 3. The van der Waals surface area contributed by atoms with Gasteiger partial charge in [-0.25, -0.2) is 4.98 Å². The second kappa shape index (κ2) is 9.25. The number of benzene rings is 1. The Labute approximate surface area is 221 Å². The van der Waals surface area contributed by atoms with Gasteiger partial charge >= 0.3 is 6.18 Å². The summed E-state index contributed by atoms with van der Waals surface area (Å²) < 4.78 is 50.4. The van der Waals surface area contributed by atoms with Gasteiger partial charge in [-0.1, -0.05) is 16.5 Å². The minimum absolute atomic E-state index is 0.0398. The monoisotopic (exact) mass is 513 g/mol. The van der Waals surface area contributed by atoms with Gasteiger partial charge in [-0.05, 0) is 19.1 Å². The Kier molecular flexibility index (Phi) is 6.84. The third kappa shape index (κ3) is 5.32. The van der Waals surface area contributed by atoms with Crippen molar-refractivity contribution in [2.45, 2.75) is 29.6 Å². The summed E-state index contributed by atoms with van der Waals surface area (Å²) in [5, 5.41) is -3.27. The summed E-state index contributed by atoms with van der Waals surface area (Å²) in [5.74, 6) is -1.80. The number of rotatable bonds is 5. The molecule has 7 nitrogen and oxygen atoms in total. The fourth-order valence-electron chi connectivity index (χ4n) is 3.86. The van der Waals surface area contributed by atoms with Gasteiger partial charge in [0.1, 0.15) is 23.7 Å². The molecule has 12 radical (unpaired) electrons. The number of ether oxygens (including phenoxy) is 1. The highest BCUT2D eigenvalue weighted by molar-refractivity contribution is 7.13. The van der Waals surface area contributed by atoms with Crippen LogP contribution in [0.3, 0.4) is 0 Å². The van der Waals surface area contributed by atoms with E-state index in [9.17, 15) is 22.8 Å². The second-order valence-electron chi connectivity index (χ2n) is 8.60. The third-order valence-electron chi connectivity index (χ3n) is 5.47. The van der Waals surface area contributed by atoms with Crippen LogP contribution in [-0.4, -0.2) is 103 Å². The first-order valence-corrected chi connectivity index (χ1v) is 11.5. The lowest BCUT2D eigenvalue weighted by Gasteiger charge is -2.49. The highest BCUT2D eigenvalue weighted by atomic mass is 32.1. The van der Waals surface area contributed by atoms with E-state index < -0.39 is 46.7 Å². The molecule has 1 unspecified atom stereocenters. The maximum absolute atomic E-state index is 13.4. The van der Waals surface area contributed by atoms with Crippen LogP contribution in [0, 0.1) is 0 Å². The molecule has 2 amide bonds. The van der Waals surface area contributed by atoms with E-state index in [1.54, 1.807) is 13.0 Å². The average molecular weight is 512 g/mol. The fourth-order valence-corrected chi connectivity index (χ4v) is 4.69. The van der Waals surface area contributed by atoms with E-state index in [2.05, 4.69) is 4.98 Å². The van der Waals surface area contributed by atoms with Gasteiger partial charge in [-0.2, -0.15) is 13.2 Å². The van der Waals surface area contributed by atoms with Crippen molar-refractivity contribution in [3.05, 3.63) is 35.0 Å². The molecule has 0 aliphatic carbocycles. The summed E-state index contributed by atoms with van der Waals surface area (Å²) in [5.41, 5.74) is -0.509. The molecule has 17 heteroatoms. The Hall–Kier alpha value is -2.69. The lowest BCUT2D eigenvalue weighted by atomic mass is 9.40. The van der Waals surface area contributed by atoms with Crippen molar-refractivity contribution < 1.29 is 31.9 Å². The number of thiazole rings is 1. The minimum atomic E-state index is -4.58. The lowest BCUT2D eigenvalue weighted by Crippen LogP contribution is -2.67. The Balaban J connectivity index is 1.67. The molecule has 1 aromatic carbocycles. The highest BCUT2D eigenvalue weighted by Crippen LogP contribution is 2.39. The van der Waals surface area contributed by atoms with Crippen LogP contribution >= 0.6 is 11.3 Å². The van der Waals surface area contributed by atoms with Crippen molar-refractivity contribution in [1.82, 2.24) is 14.8 Å². The van der Waals surface area contributed by atoms with E-state index in [0.29, 0.717) is 15.8 Å². The molecule has 0 saturated heterocycles. The summed E-state index contributed by atoms with van der Waals surface area (Å²) in [6.45, 7) is 0.941. The zero-order chi connectivity index (χ0) is 27.5. The summed E-state index contributed by atoms with van der Waals surface area (Å²) in [6.07, 6.45) is -4.58. The van der Waals surface area contributed by atoms with Crippen molar-refractivity contribution >= 4 is 81.2 Å². The molecule has 0 bridgehead atoms. The van der Waals surface area contributed by atoms with Crippen LogP contribution in [0.4, 0.5) is 13.2 Å². The number of nitrogens with zero attached hydrogens (tertiary/aromatic N) is 3. The van der Waals surface area contributed by atoms with Crippen molar-refractivity contribution in [2.75, 3.05) is 13.2 Å². The van der Waals surface area contributed by atoms with E-state index in [-0.39, 0.29) is 28.7 Å². The molecule has 0 spiro atoms. The van der Waals surface area contributed by atoms with E-state index in [4.69, 9.17) is 56.2 Å². The molecule has 3 aromatic rings. The average Bonchev–Trinajstić information content (AvgIpc) is 3.35. The maximum Gasteiger partial charge on any atom is 0.434 e. The standard InChI is InChI=1S/C20H12B6F3N3O4S/c1-8-6-35-14-10-3-2-9(16-30-12(7-37-16)18(27,28)29)4-11(10)36-15(14)17(34)31(8)5-13(33)32(19(21,22)23)20(24,25)26/h2-4,7-8H,5-6H2,1H3. The van der Waals surface area contributed by atoms with Gasteiger partial charge in [0.05, 0.1) is 58.5 Å². The Morgan fingerprint density at radius 1 is 1.19 bits per heavy atom. The number of hydrogen-bond donors (Lipinski definition) is 0. The van der Waals surface area contributed by atoms with Gasteiger partial charge in [-0.3, -0.25) is 9.59 Å². The quantitative estimate of drug-likeness (QED) is 0.475. The number of furan rings is 1. The summed E-state index contributed by atoms with van der Waals surface area (Å²) in [6, 6.07) is 3.87. The van der Waals surface area contributed by atoms with E-state index in [1.807, 2.05) is 0 Å². The van der Waals surface area contributed by atoms with Crippen LogP contribution in [0.5, 0.6) is 5.75 Å². The third-order valence-corrected chi connectivity index (χ3v) is 6.36. The molecule has 2 aromatic heterocycles. The molecule has 0 saturated carbocycles. The van der Waals surface area contributed by atoms with Crippen LogP contribution in [0.25, 0.3) is 21.5 Å². The molecule has 3 heterocycles. The molecular formula is C20H12B6F3N3O4S. The molecule has 1 aliphatic rings. The lowest BCUT2D eigenvalue weighted by molar-refractivity contribution is -0.140. The number of amides is 2. The van der Waals surface area contributed by atoms with Crippen molar-refractivity contribution in [3.63, 3.8) is 0 Å². The van der Waals surface area contributed by atoms with Gasteiger partial charge in [0, 0.05) is 10.9 Å². The largest absolute Gasteiger partial charge is 0.487 e. The Morgan fingerprint density at radius 3 is 2.41 bits per heavy atom. The molecule has 37 heavy (non-hydrogen) atoms. The van der Waals surface area contributed by atoms with Gasteiger partial charge in [0.25, 0.3) is 5.91 Å². The van der Waals surface area contributed by atoms with Crippen molar-refractivity contribution in [3.8, 4) is 16.3 Å². The molecule has 0 fully saturated rings. The molecule has 1 atom stereocenters. The Morgan fingerprint density at radius 2 is 1.84 bits per heavy atom. The number of carbonyl (C=O) groups excluding carboxylic acids is 2. The number of carbonyl (C=O) groups is 2. The first kappa shape index (κ1) is 27.3. The number of alkyl halides is 3. The van der Waals surface area contributed by atoms with E-state index in [1.165, 1.54) is 12.1 Å². The molecule has 0 N–H and O–H groups in total. The van der Waals surface area contributed by atoms with Crippen LogP contribution in [0.2, 0.25) is 0 Å². The van der Waals surface area contributed by atoms with Crippen LogP contribution < -0.4 is 4.74 Å². The minimum Gasteiger partial charge on any atom is -0.487 e. The van der Waals surface area contributed by atoms with Crippen LogP contribution in [-0.2, 0) is 11.0 Å². The van der Waals surface area contributed by atoms with Crippen molar-refractivity contribution in [1.29, 1.82) is 0 Å². The fraction of sp³-hybridized carbons (Fsp3) is 0.350. The zero-order valence-corrected chi connectivity index (χ0v) is 20.1. The van der Waals surface area contributed by atoms with Gasteiger partial charge in [0.15, 0.2) is 11.4 Å². The van der Waals surface area contributed by atoms with Gasteiger partial charge in [0.2, 0.25) is 11.7 Å². The molecule has 4 rings (SSSR count). The number of halogens is 3. The molecular weight excluding hydrogens is 500 g/mol. The number of hydrogen-bond acceptors (Lipinski definition) is 6.